The second kappa shape index (κ2) is 9.55. The van der Waals surface area contributed by atoms with Crippen LogP contribution in [-0.4, -0.2) is 53.2 Å². The van der Waals surface area contributed by atoms with E-state index in [1.165, 1.54) is 0 Å². The molecule has 0 saturated carbocycles. The molecule has 2 aliphatic heterocycles. The Morgan fingerprint density at radius 2 is 1.66 bits per heavy atom. The number of aryl methyl sites for hydroxylation is 1. The second-order valence-electron chi connectivity index (χ2n) is 8.92. The van der Waals surface area contributed by atoms with Gasteiger partial charge >= 0.3 is 0 Å². The zero-order valence-corrected chi connectivity index (χ0v) is 18.8. The van der Waals surface area contributed by atoms with Crippen molar-refractivity contribution >= 4 is 17.7 Å². The van der Waals surface area contributed by atoms with E-state index in [2.05, 4.69) is 5.32 Å². The molecule has 0 bridgehead atoms. The van der Waals surface area contributed by atoms with Gasteiger partial charge in [0, 0.05) is 37.7 Å². The Labute approximate surface area is 189 Å². The quantitative estimate of drug-likeness (QED) is 0.786. The maximum Gasteiger partial charge on any atom is 0.251 e. The molecule has 0 spiro atoms. The van der Waals surface area contributed by atoms with Crippen LogP contribution in [0.4, 0.5) is 0 Å². The molecular formula is C26H31N3O3. The highest BCUT2D eigenvalue weighted by atomic mass is 16.2. The Morgan fingerprint density at radius 3 is 2.34 bits per heavy atom. The number of rotatable bonds is 5. The summed E-state index contributed by atoms with van der Waals surface area (Å²) in [5.74, 6) is -0.239. The van der Waals surface area contributed by atoms with Gasteiger partial charge in [0.1, 0.15) is 0 Å². The van der Waals surface area contributed by atoms with Crippen LogP contribution in [0, 0.1) is 12.8 Å². The highest BCUT2D eigenvalue weighted by molar-refractivity contribution is 5.95. The zero-order valence-electron chi connectivity index (χ0n) is 18.8. The zero-order chi connectivity index (χ0) is 22.7. The third-order valence-electron chi connectivity index (χ3n) is 6.79. The summed E-state index contributed by atoms with van der Waals surface area (Å²) < 4.78 is 0. The minimum Gasteiger partial charge on any atom is -0.349 e. The predicted molar refractivity (Wildman–Crippen MR) is 123 cm³/mol. The maximum absolute atomic E-state index is 13.1. The molecule has 3 amide bonds. The Kier molecular flexibility index (Phi) is 6.58. The average molecular weight is 434 g/mol. The van der Waals surface area contributed by atoms with Crippen molar-refractivity contribution in [2.75, 3.05) is 19.6 Å². The molecule has 2 aromatic carbocycles. The van der Waals surface area contributed by atoms with Gasteiger partial charge in [-0.05, 0) is 43.9 Å². The van der Waals surface area contributed by atoms with Gasteiger partial charge in [-0.25, -0.2) is 0 Å². The topological polar surface area (TPSA) is 69.7 Å². The Bertz CT molecular complexity index is 983. The molecule has 2 fully saturated rings. The molecule has 2 aliphatic rings. The minimum absolute atomic E-state index is 0.0381. The first-order valence-electron chi connectivity index (χ1n) is 11.4. The van der Waals surface area contributed by atoms with Crippen LogP contribution in [-0.2, 0) is 9.59 Å². The van der Waals surface area contributed by atoms with Gasteiger partial charge in [0.25, 0.3) is 5.91 Å². The van der Waals surface area contributed by atoms with Crippen molar-refractivity contribution in [3.63, 3.8) is 0 Å². The Balaban J connectivity index is 1.29. The van der Waals surface area contributed by atoms with Crippen molar-refractivity contribution in [3.8, 4) is 0 Å². The molecule has 6 nitrogen and oxygen atoms in total. The molecule has 168 valence electrons. The van der Waals surface area contributed by atoms with E-state index in [1.54, 1.807) is 0 Å². The number of nitrogens with one attached hydrogen (secondary N) is 1. The number of likely N-dealkylation sites (tertiary alicyclic amines) is 2. The average Bonchev–Trinajstić information content (AvgIpc) is 3.21. The number of hydrogen-bond acceptors (Lipinski definition) is 3. The first-order valence-corrected chi connectivity index (χ1v) is 11.4. The van der Waals surface area contributed by atoms with Crippen LogP contribution in [0.1, 0.15) is 53.7 Å². The number of nitrogens with zero attached hydrogens (tertiary/aromatic N) is 2. The van der Waals surface area contributed by atoms with Crippen LogP contribution < -0.4 is 5.32 Å². The number of amides is 3. The van der Waals surface area contributed by atoms with E-state index in [4.69, 9.17) is 0 Å². The highest BCUT2D eigenvalue weighted by Crippen LogP contribution is 2.30. The summed E-state index contributed by atoms with van der Waals surface area (Å²) in [6.07, 6.45) is 1.74. The molecule has 6 heteroatoms. The number of hydrogen-bond donors (Lipinski definition) is 1. The van der Waals surface area contributed by atoms with Crippen LogP contribution in [0.3, 0.4) is 0 Å². The van der Waals surface area contributed by atoms with Gasteiger partial charge in [0.05, 0.1) is 12.0 Å². The van der Waals surface area contributed by atoms with E-state index in [-0.39, 0.29) is 42.1 Å². The van der Waals surface area contributed by atoms with Crippen molar-refractivity contribution in [1.29, 1.82) is 0 Å². The lowest BCUT2D eigenvalue weighted by molar-refractivity contribution is -0.136. The Morgan fingerprint density at radius 1 is 1.00 bits per heavy atom. The van der Waals surface area contributed by atoms with Crippen molar-refractivity contribution in [3.05, 3.63) is 71.3 Å². The summed E-state index contributed by atoms with van der Waals surface area (Å²) in [7, 11) is 0. The van der Waals surface area contributed by atoms with Gasteiger partial charge < -0.3 is 15.1 Å². The van der Waals surface area contributed by atoms with E-state index in [1.807, 2.05) is 78.2 Å². The number of piperidine rings is 1. The molecule has 0 aromatic heterocycles. The summed E-state index contributed by atoms with van der Waals surface area (Å²) in [6.45, 7) is 5.63. The largest absolute Gasteiger partial charge is 0.349 e. The van der Waals surface area contributed by atoms with Crippen LogP contribution >= 0.6 is 0 Å². The van der Waals surface area contributed by atoms with Crippen molar-refractivity contribution in [1.82, 2.24) is 15.1 Å². The number of benzene rings is 2. The van der Waals surface area contributed by atoms with E-state index < -0.39 is 0 Å². The molecule has 1 N–H and O–H groups in total. The first-order chi connectivity index (χ1) is 15.4. The third-order valence-corrected chi connectivity index (χ3v) is 6.79. The van der Waals surface area contributed by atoms with Gasteiger partial charge in [-0.2, -0.15) is 0 Å². The van der Waals surface area contributed by atoms with Crippen LogP contribution in [0.5, 0.6) is 0 Å². The molecule has 2 unspecified atom stereocenters. The first kappa shape index (κ1) is 22.1. The SMILES string of the molecule is Cc1ccccc1C(=O)NC1CCN(C(=O)C2CC(=O)N(C(C)c3ccccc3)C2)CC1. The van der Waals surface area contributed by atoms with Gasteiger partial charge in [-0.3, -0.25) is 14.4 Å². The fourth-order valence-electron chi connectivity index (χ4n) is 4.78. The molecule has 0 radical (unpaired) electrons. The van der Waals surface area contributed by atoms with Crippen molar-refractivity contribution in [2.45, 2.75) is 45.2 Å². The molecule has 32 heavy (non-hydrogen) atoms. The number of carbonyl (C=O) groups excluding carboxylic acids is 3. The summed E-state index contributed by atoms with van der Waals surface area (Å²) in [6, 6.07) is 17.5. The molecule has 2 heterocycles. The Hall–Kier alpha value is -3.15. The third kappa shape index (κ3) is 4.69. The van der Waals surface area contributed by atoms with E-state index >= 15 is 0 Å². The fourth-order valence-corrected chi connectivity index (χ4v) is 4.78. The normalized spacial score (nSPS) is 20.3. The van der Waals surface area contributed by atoms with Gasteiger partial charge in [-0.15, -0.1) is 0 Å². The van der Waals surface area contributed by atoms with Crippen LogP contribution in [0.2, 0.25) is 0 Å². The fraction of sp³-hybridized carbons (Fsp3) is 0.423. The van der Waals surface area contributed by atoms with Gasteiger partial charge in [0.2, 0.25) is 11.8 Å². The molecular weight excluding hydrogens is 402 g/mol. The van der Waals surface area contributed by atoms with Crippen LogP contribution in [0.25, 0.3) is 0 Å². The van der Waals surface area contributed by atoms with E-state index in [9.17, 15) is 14.4 Å². The minimum atomic E-state index is -0.285. The molecule has 2 aromatic rings. The lowest BCUT2D eigenvalue weighted by Gasteiger charge is -2.34. The summed E-state index contributed by atoms with van der Waals surface area (Å²) in [4.78, 5) is 42.0. The second-order valence-corrected chi connectivity index (χ2v) is 8.92. The monoisotopic (exact) mass is 433 g/mol. The smallest absolute Gasteiger partial charge is 0.251 e. The molecule has 4 rings (SSSR count). The summed E-state index contributed by atoms with van der Waals surface area (Å²) in [5.41, 5.74) is 2.74. The highest BCUT2D eigenvalue weighted by Gasteiger charge is 2.39. The van der Waals surface area contributed by atoms with Gasteiger partial charge in [-0.1, -0.05) is 48.5 Å². The van der Waals surface area contributed by atoms with Crippen molar-refractivity contribution < 1.29 is 14.4 Å². The molecule has 0 aliphatic carbocycles. The number of carbonyl (C=O) groups is 3. The van der Waals surface area contributed by atoms with Crippen LogP contribution in [0.15, 0.2) is 54.6 Å². The van der Waals surface area contributed by atoms with Crippen molar-refractivity contribution in [2.24, 2.45) is 5.92 Å². The van der Waals surface area contributed by atoms with E-state index in [0.29, 0.717) is 25.2 Å². The van der Waals surface area contributed by atoms with Gasteiger partial charge in [0.15, 0.2) is 0 Å². The summed E-state index contributed by atoms with van der Waals surface area (Å²) >= 11 is 0. The lowest BCUT2D eigenvalue weighted by Crippen LogP contribution is -2.48. The van der Waals surface area contributed by atoms with E-state index in [0.717, 1.165) is 24.0 Å². The predicted octanol–water partition coefficient (Wildman–Crippen LogP) is 3.33. The molecule has 2 saturated heterocycles. The lowest BCUT2D eigenvalue weighted by atomic mass is 10.0. The summed E-state index contributed by atoms with van der Waals surface area (Å²) in [5, 5.41) is 3.11. The maximum atomic E-state index is 13.1. The standard InChI is InChI=1S/C26H31N3O3/c1-18-8-6-7-11-23(18)25(31)27-22-12-14-28(15-13-22)26(32)21-16-24(30)29(17-21)19(2)20-9-4-3-5-10-20/h3-11,19,21-22H,12-17H2,1-2H3,(H,27,31). The molecule has 2 atom stereocenters.